The molecule has 0 spiro atoms. The van der Waals surface area contributed by atoms with E-state index in [1.165, 1.54) is 14.2 Å². The number of allylic oxidation sites excluding steroid dienone is 5. The van der Waals surface area contributed by atoms with Gasteiger partial charge in [-0.2, -0.15) is 0 Å². The molecule has 44 heavy (non-hydrogen) atoms. The SMILES string of the molecule is COC1=CC(C)=C[C@@H](C)[C@@H](O)[C@@H](C)CC(C)=CC=C[C@H](OC)C([C@@H](C)[C@@H](O)[C@H](C)[C@@]2(O)C[C@@H](O)[C@H](C)[C@@H](C(C)C)O2)OC1=O. The highest BCUT2D eigenvalue weighted by Crippen LogP contribution is 2.41. The van der Waals surface area contributed by atoms with E-state index in [4.69, 9.17) is 18.9 Å². The van der Waals surface area contributed by atoms with Crippen molar-refractivity contribution in [2.24, 2.45) is 35.5 Å². The number of carbonyl (C=O) groups excluding carboxylic acids is 1. The third kappa shape index (κ3) is 9.50. The minimum Gasteiger partial charge on any atom is -0.490 e. The Balaban J connectivity index is 2.52. The summed E-state index contributed by atoms with van der Waals surface area (Å²) in [5, 5.41) is 45.0. The average Bonchev–Trinajstić information content (AvgIpc) is 2.96. The number of rotatable bonds is 7. The number of cyclic esters (lactones) is 1. The number of aliphatic hydroxyl groups excluding tert-OH is 3. The van der Waals surface area contributed by atoms with Crippen molar-refractivity contribution in [3.8, 4) is 0 Å². The zero-order valence-corrected chi connectivity index (χ0v) is 28.6. The van der Waals surface area contributed by atoms with Gasteiger partial charge in [0, 0.05) is 37.2 Å². The van der Waals surface area contributed by atoms with Gasteiger partial charge in [0.2, 0.25) is 5.76 Å². The van der Waals surface area contributed by atoms with E-state index < -0.39 is 60.2 Å². The van der Waals surface area contributed by atoms with E-state index >= 15 is 0 Å². The summed E-state index contributed by atoms with van der Waals surface area (Å²) in [6, 6.07) is 0. The number of ether oxygens (including phenoxy) is 4. The minimum absolute atomic E-state index is 0.00492. The first kappa shape index (κ1) is 38.2. The molecule has 2 rings (SSSR count). The van der Waals surface area contributed by atoms with Gasteiger partial charge in [0.1, 0.15) is 12.2 Å². The third-order valence-electron chi connectivity index (χ3n) is 9.50. The van der Waals surface area contributed by atoms with E-state index in [0.29, 0.717) is 6.42 Å². The Hall–Kier alpha value is -2.01. The second kappa shape index (κ2) is 16.5. The number of hydrogen-bond acceptors (Lipinski definition) is 9. The Bertz CT molecular complexity index is 1060. The van der Waals surface area contributed by atoms with Crippen LogP contribution in [-0.2, 0) is 23.7 Å². The van der Waals surface area contributed by atoms with Crippen LogP contribution in [0.2, 0.25) is 0 Å². The van der Waals surface area contributed by atoms with Crippen LogP contribution in [0, 0.1) is 35.5 Å². The smallest absolute Gasteiger partial charge is 0.373 e. The van der Waals surface area contributed by atoms with Crippen LogP contribution in [0.4, 0.5) is 0 Å². The zero-order valence-electron chi connectivity index (χ0n) is 28.6. The normalized spacial score (nSPS) is 36.9. The molecule has 0 radical (unpaired) electrons. The van der Waals surface area contributed by atoms with Crippen LogP contribution in [0.15, 0.2) is 47.3 Å². The fraction of sp³-hybridized carbons (Fsp3) is 0.743. The van der Waals surface area contributed by atoms with Crippen LogP contribution in [0.25, 0.3) is 0 Å². The summed E-state index contributed by atoms with van der Waals surface area (Å²) < 4.78 is 23.4. The number of esters is 1. The van der Waals surface area contributed by atoms with Crippen LogP contribution < -0.4 is 0 Å². The Morgan fingerprint density at radius 2 is 1.68 bits per heavy atom. The van der Waals surface area contributed by atoms with Gasteiger partial charge >= 0.3 is 5.97 Å². The lowest BCUT2D eigenvalue weighted by molar-refractivity contribution is -0.328. The summed E-state index contributed by atoms with van der Waals surface area (Å²) in [6.45, 7) is 17.0. The molecule has 1 unspecified atom stereocenters. The lowest BCUT2D eigenvalue weighted by Gasteiger charge is -2.49. The molecule has 9 nitrogen and oxygen atoms in total. The predicted molar refractivity (Wildman–Crippen MR) is 170 cm³/mol. The molecule has 1 saturated heterocycles. The zero-order chi connectivity index (χ0) is 33.5. The van der Waals surface area contributed by atoms with Crippen molar-refractivity contribution in [1.82, 2.24) is 0 Å². The summed E-state index contributed by atoms with van der Waals surface area (Å²) in [5.41, 5.74) is 1.78. The lowest BCUT2D eigenvalue weighted by Crippen LogP contribution is -2.59. The summed E-state index contributed by atoms with van der Waals surface area (Å²) in [7, 11) is 2.87. The van der Waals surface area contributed by atoms with Gasteiger partial charge < -0.3 is 39.4 Å². The van der Waals surface area contributed by atoms with Crippen molar-refractivity contribution >= 4 is 5.97 Å². The van der Waals surface area contributed by atoms with Gasteiger partial charge in [-0.1, -0.05) is 83.9 Å². The van der Waals surface area contributed by atoms with Crippen LogP contribution in [-0.4, -0.2) is 83.0 Å². The van der Waals surface area contributed by atoms with E-state index in [9.17, 15) is 25.2 Å². The molecule has 9 heteroatoms. The van der Waals surface area contributed by atoms with Crippen LogP contribution >= 0.6 is 0 Å². The molecule has 2 aliphatic rings. The molecule has 0 bridgehead atoms. The van der Waals surface area contributed by atoms with Crippen molar-refractivity contribution in [3.05, 3.63) is 47.3 Å². The van der Waals surface area contributed by atoms with E-state index in [1.54, 1.807) is 26.0 Å². The molecule has 0 aromatic rings. The van der Waals surface area contributed by atoms with Gasteiger partial charge in [-0.05, 0) is 38.2 Å². The number of methoxy groups -OCH3 is 2. The molecule has 4 N–H and O–H groups in total. The van der Waals surface area contributed by atoms with Gasteiger partial charge in [-0.3, -0.25) is 0 Å². The first-order valence-corrected chi connectivity index (χ1v) is 15.9. The van der Waals surface area contributed by atoms with E-state index in [1.807, 2.05) is 66.7 Å². The molecule has 2 heterocycles. The molecule has 0 aromatic heterocycles. The summed E-state index contributed by atoms with van der Waals surface area (Å²) >= 11 is 0. The standard InChI is InChI=1S/C35H58O9/c1-19(2)32-24(7)27(36)18-35(40,44-32)26(9)31(38)25(8)33-28(41-10)14-12-13-20(3)15-22(5)30(37)23(6)16-21(4)17-29(42-11)34(39)43-33/h12-14,16-17,19,22-28,30-33,36-38,40H,15,18H2,1-11H3/t22-,23+,24-,25-,26-,27+,28-,30-,31+,32+,33?,35+/m0/s1. The number of hydrogen-bond donors (Lipinski definition) is 4. The topological polar surface area (TPSA) is 135 Å². The molecule has 2 aliphatic heterocycles. The van der Waals surface area contributed by atoms with E-state index in [2.05, 4.69) is 0 Å². The average molecular weight is 623 g/mol. The highest BCUT2D eigenvalue weighted by atomic mass is 16.6. The van der Waals surface area contributed by atoms with Gasteiger partial charge in [-0.15, -0.1) is 0 Å². The fourth-order valence-corrected chi connectivity index (χ4v) is 6.54. The summed E-state index contributed by atoms with van der Waals surface area (Å²) in [6.07, 6.45) is 4.85. The van der Waals surface area contributed by atoms with E-state index in [-0.39, 0.29) is 35.9 Å². The minimum atomic E-state index is -1.80. The molecule has 0 aliphatic carbocycles. The van der Waals surface area contributed by atoms with Gasteiger partial charge in [0.15, 0.2) is 5.79 Å². The van der Waals surface area contributed by atoms with Crippen molar-refractivity contribution < 1.29 is 44.2 Å². The summed E-state index contributed by atoms with van der Waals surface area (Å²) in [4.78, 5) is 13.5. The van der Waals surface area contributed by atoms with Crippen LogP contribution in [0.5, 0.6) is 0 Å². The Labute approximate surface area is 264 Å². The van der Waals surface area contributed by atoms with Crippen molar-refractivity contribution in [2.75, 3.05) is 14.2 Å². The largest absolute Gasteiger partial charge is 0.490 e. The number of carbonyl (C=O) groups is 1. The Morgan fingerprint density at radius 3 is 2.25 bits per heavy atom. The second-order valence-electron chi connectivity index (χ2n) is 13.6. The molecule has 12 atom stereocenters. The highest BCUT2D eigenvalue weighted by molar-refractivity contribution is 5.87. The molecule has 0 saturated carbocycles. The van der Waals surface area contributed by atoms with Crippen LogP contribution in [0.3, 0.4) is 0 Å². The maximum Gasteiger partial charge on any atom is 0.373 e. The maximum atomic E-state index is 13.5. The first-order chi connectivity index (χ1) is 20.5. The fourth-order valence-electron chi connectivity index (χ4n) is 6.54. The summed E-state index contributed by atoms with van der Waals surface area (Å²) in [5.74, 6) is -4.49. The van der Waals surface area contributed by atoms with Crippen molar-refractivity contribution in [2.45, 2.75) is 118 Å². The van der Waals surface area contributed by atoms with Crippen LogP contribution in [0.1, 0.15) is 75.2 Å². The number of aliphatic hydroxyl groups is 4. The Kier molecular flexibility index (Phi) is 14.3. The molecule has 0 amide bonds. The molecule has 252 valence electrons. The van der Waals surface area contributed by atoms with E-state index in [0.717, 1.165) is 11.1 Å². The van der Waals surface area contributed by atoms with Gasteiger partial charge in [-0.25, -0.2) is 4.79 Å². The monoisotopic (exact) mass is 622 g/mol. The third-order valence-corrected chi connectivity index (χ3v) is 9.50. The predicted octanol–water partition coefficient (Wildman–Crippen LogP) is 4.69. The van der Waals surface area contributed by atoms with Gasteiger partial charge in [0.25, 0.3) is 0 Å². The molecular weight excluding hydrogens is 564 g/mol. The molecular formula is C35H58O9. The van der Waals surface area contributed by atoms with Crippen molar-refractivity contribution in [1.29, 1.82) is 0 Å². The second-order valence-corrected chi connectivity index (χ2v) is 13.6. The quantitative estimate of drug-likeness (QED) is 0.298. The molecule has 1 fully saturated rings. The first-order valence-electron chi connectivity index (χ1n) is 15.9. The lowest BCUT2D eigenvalue weighted by atomic mass is 9.76. The van der Waals surface area contributed by atoms with Crippen molar-refractivity contribution in [3.63, 3.8) is 0 Å². The maximum absolute atomic E-state index is 13.5. The Morgan fingerprint density at radius 1 is 1.05 bits per heavy atom. The van der Waals surface area contributed by atoms with Gasteiger partial charge in [0.05, 0.1) is 31.5 Å². The molecule has 0 aromatic carbocycles. The highest BCUT2D eigenvalue weighted by Gasteiger charge is 2.51.